The van der Waals surface area contributed by atoms with Crippen molar-refractivity contribution < 1.29 is 19.6 Å². The van der Waals surface area contributed by atoms with Crippen LogP contribution < -0.4 is 0 Å². The normalized spacial score (nSPS) is 10.3. The van der Waals surface area contributed by atoms with Crippen molar-refractivity contribution in [1.29, 1.82) is 0 Å². The van der Waals surface area contributed by atoms with Gasteiger partial charge in [-0.1, -0.05) is 12.1 Å². The van der Waals surface area contributed by atoms with E-state index in [2.05, 4.69) is 0 Å². The fourth-order valence-corrected chi connectivity index (χ4v) is 1.78. The first-order valence-electron chi connectivity index (χ1n) is 6.10. The van der Waals surface area contributed by atoms with E-state index < -0.39 is 16.8 Å². The number of carboxylic acid groups (broad SMARTS) is 1. The van der Waals surface area contributed by atoms with Gasteiger partial charge in [-0.05, 0) is 19.9 Å². The largest absolute Gasteiger partial charge is 0.481 e. The topological polar surface area (TPSA) is 101 Å². The number of amides is 1. The van der Waals surface area contributed by atoms with Crippen molar-refractivity contribution in [3.63, 3.8) is 0 Å². The first-order chi connectivity index (χ1) is 9.34. The van der Waals surface area contributed by atoms with Gasteiger partial charge in [-0.3, -0.25) is 19.7 Å². The number of benzene rings is 1. The highest BCUT2D eigenvalue weighted by Gasteiger charge is 2.26. The van der Waals surface area contributed by atoms with E-state index in [9.17, 15) is 19.7 Å². The minimum absolute atomic E-state index is 0.0118. The number of carbonyl (C=O) groups excluding carboxylic acids is 1. The molecule has 1 aromatic carbocycles. The molecule has 7 nitrogen and oxygen atoms in total. The van der Waals surface area contributed by atoms with Crippen molar-refractivity contribution in [2.75, 3.05) is 6.54 Å². The molecule has 1 aromatic rings. The highest BCUT2D eigenvalue weighted by molar-refractivity contribution is 5.98. The summed E-state index contributed by atoms with van der Waals surface area (Å²) in [5, 5.41) is 19.6. The van der Waals surface area contributed by atoms with Crippen LogP contribution >= 0.6 is 0 Å². The second-order valence-electron chi connectivity index (χ2n) is 4.51. The van der Waals surface area contributed by atoms with Gasteiger partial charge in [-0.15, -0.1) is 0 Å². The van der Waals surface area contributed by atoms with E-state index in [4.69, 9.17) is 5.11 Å². The monoisotopic (exact) mass is 280 g/mol. The molecule has 0 aliphatic rings. The third kappa shape index (κ3) is 3.78. The molecular weight excluding hydrogens is 264 g/mol. The smallest absolute Gasteiger partial charge is 0.305 e. The zero-order chi connectivity index (χ0) is 15.3. The Bertz CT molecular complexity index is 527. The molecule has 0 aliphatic heterocycles. The van der Waals surface area contributed by atoms with E-state index in [1.165, 1.54) is 29.2 Å². The van der Waals surface area contributed by atoms with Crippen molar-refractivity contribution in [3.05, 3.63) is 39.9 Å². The summed E-state index contributed by atoms with van der Waals surface area (Å²) in [5.74, 6) is -1.56. The summed E-state index contributed by atoms with van der Waals surface area (Å²) in [6, 6.07) is 5.39. The van der Waals surface area contributed by atoms with Crippen LogP contribution in [0.25, 0.3) is 0 Å². The Kier molecular flexibility index (Phi) is 5.19. The molecule has 0 saturated carbocycles. The van der Waals surface area contributed by atoms with E-state index in [-0.39, 0.29) is 30.3 Å². The Hall–Kier alpha value is -2.44. The van der Waals surface area contributed by atoms with Crippen LogP contribution in [0.4, 0.5) is 5.69 Å². The van der Waals surface area contributed by atoms with Crippen LogP contribution in [0, 0.1) is 10.1 Å². The van der Waals surface area contributed by atoms with Crippen LogP contribution in [0.15, 0.2) is 24.3 Å². The molecule has 0 aromatic heterocycles. The van der Waals surface area contributed by atoms with Crippen molar-refractivity contribution in [2.45, 2.75) is 26.3 Å². The molecule has 1 amide bonds. The van der Waals surface area contributed by atoms with Crippen LogP contribution in [-0.4, -0.2) is 39.4 Å². The molecular formula is C13H16N2O5. The van der Waals surface area contributed by atoms with Crippen LogP contribution in [0.1, 0.15) is 30.6 Å². The van der Waals surface area contributed by atoms with Crippen LogP contribution in [0.5, 0.6) is 0 Å². The number of carboxylic acids is 1. The number of para-hydroxylation sites is 1. The number of nitro groups is 1. The van der Waals surface area contributed by atoms with E-state index >= 15 is 0 Å². The summed E-state index contributed by atoms with van der Waals surface area (Å²) in [7, 11) is 0. The summed E-state index contributed by atoms with van der Waals surface area (Å²) in [4.78, 5) is 34.6. The molecule has 1 rings (SSSR count). The summed E-state index contributed by atoms with van der Waals surface area (Å²) >= 11 is 0. The van der Waals surface area contributed by atoms with Gasteiger partial charge in [0.25, 0.3) is 11.6 Å². The Morgan fingerprint density at radius 2 is 1.95 bits per heavy atom. The van der Waals surface area contributed by atoms with Crippen LogP contribution in [-0.2, 0) is 4.79 Å². The maximum atomic E-state index is 12.4. The molecule has 0 bridgehead atoms. The molecule has 0 unspecified atom stereocenters. The third-order valence-corrected chi connectivity index (χ3v) is 2.78. The molecule has 108 valence electrons. The molecule has 1 N–H and O–H groups in total. The first kappa shape index (κ1) is 15.6. The number of nitro benzene ring substituents is 1. The lowest BCUT2D eigenvalue weighted by Gasteiger charge is -2.26. The Morgan fingerprint density at radius 1 is 1.35 bits per heavy atom. The first-order valence-corrected chi connectivity index (χ1v) is 6.10. The summed E-state index contributed by atoms with van der Waals surface area (Å²) in [5.41, 5.74) is -0.310. The Labute approximate surface area is 116 Å². The number of rotatable bonds is 6. The zero-order valence-corrected chi connectivity index (χ0v) is 11.3. The Balaban J connectivity index is 3.06. The van der Waals surface area contributed by atoms with E-state index in [0.717, 1.165) is 0 Å². The van der Waals surface area contributed by atoms with Crippen molar-refractivity contribution in [2.24, 2.45) is 0 Å². The number of aliphatic carboxylic acids is 1. The van der Waals surface area contributed by atoms with Gasteiger partial charge in [0.15, 0.2) is 0 Å². The molecule has 0 spiro atoms. The van der Waals surface area contributed by atoms with E-state index in [1.54, 1.807) is 13.8 Å². The van der Waals surface area contributed by atoms with Crippen LogP contribution in [0.3, 0.4) is 0 Å². The van der Waals surface area contributed by atoms with E-state index in [1.807, 2.05) is 0 Å². The van der Waals surface area contributed by atoms with Crippen molar-refractivity contribution in [3.8, 4) is 0 Å². The average Bonchev–Trinajstić information content (AvgIpc) is 2.37. The fraction of sp³-hybridized carbons (Fsp3) is 0.385. The second kappa shape index (κ2) is 6.65. The van der Waals surface area contributed by atoms with Gasteiger partial charge in [-0.2, -0.15) is 0 Å². The quantitative estimate of drug-likeness (QED) is 0.633. The lowest BCUT2D eigenvalue weighted by Crippen LogP contribution is -2.38. The predicted octanol–water partition coefficient (Wildman–Crippen LogP) is 1.92. The number of nitrogens with zero attached hydrogens (tertiary/aromatic N) is 2. The SMILES string of the molecule is CC(C)N(CCC(=O)O)C(=O)c1ccccc1[N+](=O)[O-]. The van der Waals surface area contributed by atoms with Gasteiger partial charge in [0.2, 0.25) is 0 Å². The van der Waals surface area contributed by atoms with Gasteiger partial charge in [0.1, 0.15) is 5.56 Å². The van der Waals surface area contributed by atoms with Gasteiger partial charge >= 0.3 is 5.97 Å². The standard InChI is InChI=1S/C13H16N2O5/c1-9(2)14(8-7-12(16)17)13(18)10-5-3-4-6-11(10)15(19)20/h3-6,9H,7-8H2,1-2H3,(H,16,17). The highest BCUT2D eigenvalue weighted by atomic mass is 16.6. The molecule has 0 radical (unpaired) electrons. The zero-order valence-electron chi connectivity index (χ0n) is 11.3. The molecule has 7 heteroatoms. The van der Waals surface area contributed by atoms with Gasteiger partial charge in [-0.25, -0.2) is 0 Å². The summed E-state index contributed by atoms with van der Waals surface area (Å²) in [6.45, 7) is 3.47. The highest BCUT2D eigenvalue weighted by Crippen LogP contribution is 2.20. The molecule has 0 aliphatic carbocycles. The number of carbonyl (C=O) groups is 2. The lowest BCUT2D eigenvalue weighted by molar-refractivity contribution is -0.385. The maximum Gasteiger partial charge on any atom is 0.305 e. The third-order valence-electron chi connectivity index (χ3n) is 2.78. The fourth-order valence-electron chi connectivity index (χ4n) is 1.78. The molecule has 20 heavy (non-hydrogen) atoms. The molecule has 0 atom stereocenters. The summed E-state index contributed by atoms with van der Waals surface area (Å²) < 4.78 is 0. The average molecular weight is 280 g/mol. The van der Waals surface area contributed by atoms with Crippen LogP contribution in [0.2, 0.25) is 0 Å². The molecule has 0 saturated heterocycles. The minimum atomic E-state index is -1.02. The number of hydrogen-bond donors (Lipinski definition) is 1. The van der Waals surface area contributed by atoms with Crippen molar-refractivity contribution in [1.82, 2.24) is 4.90 Å². The maximum absolute atomic E-state index is 12.4. The second-order valence-corrected chi connectivity index (χ2v) is 4.51. The Morgan fingerprint density at radius 3 is 2.45 bits per heavy atom. The van der Waals surface area contributed by atoms with Gasteiger partial charge < -0.3 is 10.0 Å². The summed E-state index contributed by atoms with van der Waals surface area (Å²) in [6.07, 6.45) is -0.204. The number of hydrogen-bond acceptors (Lipinski definition) is 4. The lowest BCUT2D eigenvalue weighted by atomic mass is 10.1. The molecule has 0 heterocycles. The van der Waals surface area contributed by atoms with Crippen molar-refractivity contribution >= 4 is 17.6 Å². The predicted molar refractivity (Wildman–Crippen MR) is 71.5 cm³/mol. The minimum Gasteiger partial charge on any atom is -0.481 e. The molecule has 0 fully saturated rings. The van der Waals surface area contributed by atoms with Gasteiger partial charge in [0.05, 0.1) is 11.3 Å². The van der Waals surface area contributed by atoms with E-state index in [0.29, 0.717) is 0 Å². The van der Waals surface area contributed by atoms with Gasteiger partial charge in [0, 0.05) is 18.7 Å².